The number of hydrogen-bond donors (Lipinski definition) is 0. The number of amides is 1. The van der Waals surface area contributed by atoms with Crippen LogP contribution in [0.25, 0.3) is 0 Å². The third kappa shape index (κ3) is 5.02. The summed E-state index contributed by atoms with van der Waals surface area (Å²) in [4.78, 5) is 14.9. The summed E-state index contributed by atoms with van der Waals surface area (Å²) in [5, 5.41) is 0.690. The Morgan fingerprint density at radius 2 is 1.75 bits per heavy atom. The standard InChI is InChI=1S/C20H28Cl2N2O3S/c1-23(16-8-3-2-4-9-16)20(25)15-7-6-12-24(13-15)28(26,27)14-17-18(21)10-5-11-19(17)22/h5,10-11,15-16H,2-4,6-9,12-14H2,1H3/t15-/m1/s1. The van der Waals surface area contributed by atoms with E-state index in [2.05, 4.69) is 0 Å². The van der Waals surface area contributed by atoms with Gasteiger partial charge in [0.15, 0.2) is 0 Å². The Bertz CT molecular complexity index is 789. The average Bonchev–Trinajstić information content (AvgIpc) is 2.70. The third-order valence-electron chi connectivity index (χ3n) is 5.99. The number of nitrogens with zero attached hydrogens (tertiary/aromatic N) is 2. The molecule has 1 heterocycles. The van der Waals surface area contributed by atoms with Gasteiger partial charge in [-0.2, -0.15) is 0 Å². The molecule has 0 N–H and O–H groups in total. The molecule has 0 bridgehead atoms. The Labute approximate surface area is 178 Å². The summed E-state index contributed by atoms with van der Waals surface area (Å²) in [6.45, 7) is 0.668. The topological polar surface area (TPSA) is 57.7 Å². The highest BCUT2D eigenvalue weighted by molar-refractivity contribution is 7.88. The summed E-state index contributed by atoms with van der Waals surface area (Å²) >= 11 is 12.3. The van der Waals surface area contributed by atoms with E-state index in [4.69, 9.17) is 23.2 Å². The van der Waals surface area contributed by atoms with Crippen LogP contribution in [0.2, 0.25) is 10.0 Å². The van der Waals surface area contributed by atoms with Gasteiger partial charge < -0.3 is 4.90 Å². The zero-order chi connectivity index (χ0) is 20.3. The predicted molar refractivity (Wildman–Crippen MR) is 113 cm³/mol. The van der Waals surface area contributed by atoms with Crippen LogP contribution >= 0.6 is 23.2 Å². The molecule has 0 aromatic heterocycles. The van der Waals surface area contributed by atoms with Gasteiger partial charge in [0.2, 0.25) is 15.9 Å². The van der Waals surface area contributed by atoms with Gasteiger partial charge >= 0.3 is 0 Å². The first-order chi connectivity index (χ1) is 13.3. The minimum Gasteiger partial charge on any atom is -0.342 e. The molecule has 2 aliphatic rings. The Morgan fingerprint density at radius 1 is 1.11 bits per heavy atom. The first-order valence-electron chi connectivity index (χ1n) is 9.97. The van der Waals surface area contributed by atoms with Crippen molar-refractivity contribution < 1.29 is 13.2 Å². The molecule has 5 nitrogen and oxygen atoms in total. The van der Waals surface area contributed by atoms with Gasteiger partial charge in [-0.15, -0.1) is 0 Å². The zero-order valence-corrected chi connectivity index (χ0v) is 18.6. The van der Waals surface area contributed by atoms with Gasteiger partial charge in [-0.1, -0.05) is 48.5 Å². The average molecular weight is 447 g/mol. The van der Waals surface area contributed by atoms with Crippen LogP contribution in [-0.2, 0) is 20.6 Å². The van der Waals surface area contributed by atoms with Crippen molar-refractivity contribution in [3.63, 3.8) is 0 Å². The molecule has 1 saturated heterocycles. The van der Waals surface area contributed by atoms with Crippen LogP contribution in [0.4, 0.5) is 0 Å². The van der Waals surface area contributed by atoms with Crippen molar-refractivity contribution in [1.29, 1.82) is 0 Å². The highest BCUT2D eigenvalue weighted by Crippen LogP contribution is 2.30. The maximum Gasteiger partial charge on any atom is 0.227 e. The Balaban J connectivity index is 1.68. The molecule has 0 unspecified atom stereocenters. The quantitative estimate of drug-likeness (QED) is 0.675. The van der Waals surface area contributed by atoms with Crippen LogP contribution in [-0.4, -0.2) is 49.7 Å². The molecule has 1 saturated carbocycles. The lowest BCUT2D eigenvalue weighted by atomic mass is 9.92. The van der Waals surface area contributed by atoms with E-state index in [1.807, 2.05) is 11.9 Å². The molecule has 1 aromatic rings. The van der Waals surface area contributed by atoms with Crippen molar-refractivity contribution in [2.24, 2.45) is 5.92 Å². The smallest absolute Gasteiger partial charge is 0.227 e. The van der Waals surface area contributed by atoms with E-state index in [0.717, 1.165) is 32.1 Å². The molecular weight excluding hydrogens is 419 g/mol. The molecule has 3 rings (SSSR count). The maximum atomic E-state index is 13.0. The van der Waals surface area contributed by atoms with Crippen molar-refractivity contribution in [2.45, 2.75) is 56.7 Å². The van der Waals surface area contributed by atoms with Gasteiger partial charge in [-0.3, -0.25) is 4.79 Å². The molecule has 28 heavy (non-hydrogen) atoms. The van der Waals surface area contributed by atoms with E-state index in [9.17, 15) is 13.2 Å². The predicted octanol–water partition coefficient (Wildman–Crippen LogP) is 4.33. The molecule has 1 aromatic carbocycles. The molecule has 1 aliphatic carbocycles. The van der Waals surface area contributed by atoms with E-state index < -0.39 is 10.0 Å². The van der Waals surface area contributed by atoms with Crippen LogP contribution in [0.15, 0.2) is 18.2 Å². The van der Waals surface area contributed by atoms with Crippen molar-refractivity contribution in [3.05, 3.63) is 33.8 Å². The number of rotatable bonds is 5. The lowest BCUT2D eigenvalue weighted by Crippen LogP contribution is -2.48. The number of halogens is 2. The summed E-state index contributed by atoms with van der Waals surface area (Å²) in [5.41, 5.74) is 0.415. The fourth-order valence-electron chi connectivity index (χ4n) is 4.28. The van der Waals surface area contributed by atoms with E-state index in [-0.39, 0.29) is 30.2 Å². The Morgan fingerprint density at radius 3 is 2.39 bits per heavy atom. The lowest BCUT2D eigenvalue weighted by molar-refractivity contribution is -0.138. The van der Waals surface area contributed by atoms with Gasteiger partial charge in [0, 0.05) is 41.8 Å². The summed E-state index contributed by atoms with van der Waals surface area (Å²) in [6, 6.07) is 5.26. The normalized spacial score (nSPS) is 22.2. The monoisotopic (exact) mass is 446 g/mol. The molecule has 1 aliphatic heterocycles. The summed E-state index contributed by atoms with van der Waals surface area (Å²) in [5.74, 6) is -0.454. The second-order valence-corrected chi connectivity index (χ2v) is 10.7. The fraction of sp³-hybridized carbons (Fsp3) is 0.650. The van der Waals surface area contributed by atoms with E-state index >= 15 is 0 Å². The number of hydrogen-bond acceptors (Lipinski definition) is 3. The highest BCUT2D eigenvalue weighted by Gasteiger charge is 2.35. The van der Waals surface area contributed by atoms with E-state index in [0.29, 0.717) is 28.6 Å². The maximum absolute atomic E-state index is 13.0. The van der Waals surface area contributed by atoms with Gasteiger partial charge in [0.05, 0.1) is 11.7 Å². The molecule has 1 amide bonds. The second kappa shape index (κ2) is 9.33. The number of piperidine rings is 1. The molecule has 2 fully saturated rings. The van der Waals surface area contributed by atoms with Crippen LogP contribution in [0.1, 0.15) is 50.5 Å². The number of sulfonamides is 1. The number of carbonyl (C=O) groups is 1. The minimum atomic E-state index is -3.60. The summed E-state index contributed by atoms with van der Waals surface area (Å²) < 4.78 is 27.4. The van der Waals surface area contributed by atoms with Crippen molar-refractivity contribution in [3.8, 4) is 0 Å². The minimum absolute atomic E-state index is 0.0718. The molecule has 156 valence electrons. The Hall–Kier alpha value is -0.820. The van der Waals surface area contributed by atoms with Gasteiger partial charge in [0.25, 0.3) is 0 Å². The largest absolute Gasteiger partial charge is 0.342 e. The van der Waals surface area contributed by atoms with Gasteiger partial charge in [-0.25, -0.2) is 12.7 Å². The highest BCUT2D eigenvalue weighted by atomic mass is 35.5. The second-order valence-electron chi connectivity index (χ2n) is 7.89. The Kier molecular flexibility index (Phi) is 7.29. The first kappa shape index (κ1) is 21.9. The molecule has 8 heteroatoms. The van der Waals surface area contributed by atoms with Crippen LogP contribution < -0.4 is 0 Å². The van der Waals surface area contributed by atoms with Gasteiger partial charge in [0.1, 0.15) is 0 Å². The van der Waals surface area contributed by atoms with Crippen molar-refractivity contribution in [2.75, 3.05) is 20.1 Å². The first-order valence-corrected chi connectivity index (χ1v) is 12.3. The van der Waals surface area contributed by atoms with Crippen LogP contribution in [0, 0.1) is 5.92 Å². The van der Waals surface area contributed by atoms with Crippen LogP contribution in [0.5, 0.6) is 0 Å². The number of carbonyl (C=O) groups excluding carboxylic acids is 1. The molecule has 0 spiro atoms. The van der Waals surface area contributed by atoms with E-state index in [1.54, 1.807) is 18.2 Å². The lowest BCUT2D eigenvalue weighted by Gasteiger charge is -2.37. The zero-order valence-electron chi connectivity index (χ0n) is 16.2. The van der Waals surface area contributed by atoms with Crippen LogP contribution in [0.3, 0.4) is 0 Å². The summed E-state index contributed by atoms with van der Waals surface area (Å²) in [6.07, 6.45) is 7.06. The SMILES string of the molecule is CN(C(=O)[C@@H]1CCCN(S(=O)(=O)Cc2c(Cl)cccc2Cl)C1)C1CCCCC1. The van der Waals surface area contributed by atoms with Gasteiger partial charge in [-0.05, 0) is 37.8 Å². The third-order valence-corrected chi connectivity index (χ3v) is 8.47. The molecule has 1 atom stereocenters. The molecular formula is C20H28Cl2N2O3S. The molecule has 0 radical (unpaired) electrons. The van der Waals surface area contributed by atoms with Crippen molar-refractivity contribution >= 4 is 39.1 Å². The fourth-order valence-corrected chi connectivity index (χ4v) is 6.64. The van der Waals surface area contributed by atoms with E-state index in [1.165, 1.54) is 10.7 Å². The number of benzene rings is 1. The summed E-state index contributed by atoms with van der Waals surface area (Å²) in [7, 11) is -1.73. The van der Waals surface area contributed by atoms with Crippen molar-refractivity contribution in [1.82, 2.24) is 9.21 Å².